The van der Waals surface area contributed by atoms with Gasteiger partial charge in [0.15, 0.2) is 10.6 Å². The van der Waals surface area contributed by atoms with Gasteiger partial charge in [-0.3, -0.25) is 19.5 Å². The number of thiazole rings is 1. The molecule has 0 bridgehead atoms. The second-order valence-electron chi connectivity index (χ2n) is 7.55. The van der Waals surface area contributed by atoms with E-state index in [-0.39, 0.29) is 16.7 Å². The fraction of sp³-hybridized carbons (Fsp3) is 0.208. The van der Waals surface area contributed by atoms with Crippen molar-refractivity contribution in [2.45, 2.75) is 19.9 Å². The van der Waals surface area contributed by atoms with E-state index in [1.165, 1.54) is 36.0 Å². The number of phenols is 1. The summed E-state index contributed by atoms with van der Waals surface area (Å²) >= 11 is 1.09. The Hall–Kier alpha value is -4.25. The number of rotatable bonds is 6. The van der Waals surface area contributed by atoms with Crippen molar-refractivity contribution in [1.82, 2.24) is 4.57 Å². The molecule has 35 heavy (non-hydrogen) atoms. The Balaban J connectivity index is 1.98. The lowest BCUT2D eigenvalue weighted by atomic mass is 9.95. The summed E-state index contributed by atoms with van der Waals surface area (Å²) in [5.41, 5.74) is 0.659. The molecule has 1 atom stereocenters. The first-order valence-electron chi connectivity index (χ1n) is 10.6. The van der Waals surface area contributed by atoms with Gasteiger partial charge in [-0.2, -0.15) is 0 Å². The third-order valence-electron chi connectivity index (χ3n) is 5.44. The van der Waals surface area contributed by atoms with E-state index in [0.717, 1.165) is 11.3 Å². The average molecular weight is 496 g/mol. The number of nitro groups is 1. The third-order valence-corrected chi connectivity index (χ3v) is 6.43. The maximum atomic E-state index is 13.6. The van der Waals surface area contributed by atoms with Crippen molar-refractivity contribution < 1.29 is 24.3 Å². The van der Waals surface area contributed by atoms with Gasteiger partial charge in [0.1, 0.15) is 11.8 Å². The summed E-state index contributed by atoms with van der Waals surface area (Å²) in [7, 11) is 1.50. The first-order valence-corrected chi connectivity index (χ1v) is 11.4. The fourth-order valence-electron chi connectivity index (χ4n) is 3.91. The highest BCUT2D eigenvalue weighted by molar-refractivity contribution is 7.07. The van der Waals surface area contributed by atoms with Crippen LogP contribution in [0.25, 0.3) is 6.08 Å². The van der Waals surface area contributed by atoms with Crippen LogP contribution in [0, 0.1) is 10.1 Å². The van der Waals surface area contributed by atoms with E-state index in [9.17, 15) is 24.8 Å². The van der Waals surface area contributed by atoms with Crippen LogP contribution < -0.4 is 19.6 Å². The number of hydrogen-bond donors (Lipinski definition) is 1. The van der Waals surface area contributed by atoms with E-state index in [2.05, 4.69) is 4.99 Å². The van der Waals surface area contributed by atoms with Crippen LogP contribution in [0.2, 0.25) is 0 Å². The number of aromatic nitrogens is 1. The Kier molecular flexibility index (Phi) is 6.52. The van der Waals surface area contributed by atoms with E-state index in [0.29, 0.717) is 27.4 Å². The van der Waals surface area contributed by atoms with Crippen molar-refractivity contribution in [3.05, 3.63) is 94.7 Å². The van der Waals surface area contributed by atoms with E-state index < -0.39 is 33.9 Å². The second kappa shape index (κ2) is 9.55. The number of carbonyl (C=O) groups is 1. The molecule has 2 heterocycles. The summed E-state index contributed by atoms with van der Waals surface area (Å²) in [5, 5.41) is 20.9. The first kappa shape index (κ1) is 23.9. The topological polar surface area (TPSA) is 133 Å². The molecule has 1 aliphatic heterocycles. The molecule has 0 saturated carbocycles. The van der Waals surface area contributed by atoms with Gasteiger partial charge in [-0.1, -0.05) is 35.6 Å². The van der Waals surface area contributed by atoms with Gasteiger partial charge in [0.05, 0.1) is 34.4 Å². The zero-order valence-corrected chi connectivity index (χ0v) is 19.9. The highest BCUT2D eigenvalue weighted by atomic mass is 32.1. The molecule has 1 aromatic heterocycles. The number of benzene rings is 2. The number of methoxy groups -OCH3 is 1. The predicted molar refractivity (Wildman–Crippen MR) is 128 cm³/mol. The molecule has 0 unspecified atom stereocenters. The summed E-state index contributed by atoms with van der Waals surface area (Å²) in [4.78, 5) is 41.9. The number of ether oxygens (including phenoxy) is 2. The van der Waals surface area contributed by atoms with Crippen LogP contribution in [-0.4, -0.2) is 34.3 Å². The second-order valence-corrected chi connectivity index (χ2v) is 8.56. The van der Waals surface area contributed by atoms with Gasteiger partial charge in [0.2, 0.25) is 0 Å². The van der Waals surface area contributed by atoms with Gasteiger partial charge in [0, 0.05) is 11.6 Å². The lowest BCUT2D eigenvalue weighted by molar-refractivity contribution is -0.385. The fourth-order valence-corrected chi connectivity index (χ4v) is 4.95. The number of nitrogens with zero attached hydrogens (tertiary/aromatic N) is 3. The molecule has 10 nitrogen and oxygen atoms in total. The highest BCUT2D eigenvalue weighted by Gasteiger charge is 2.34. The van der Waals surface area contributed by atoms with Crippen molar-refractivity contribution >= 4 is 29.1 Å². The number of esters is 1. The molecule has 0 saturated heterocycles. The van der Waals surface area contributed by atoms with Crippen molar-refractivity contribution in [3.8, 4) is 11.5 Å². The summed E-state index contributed by atoms with van der Waals surface area (Å²) < 4.78 is 12.4. The molecule has 2 aromatic carbocycles. The lowest BCUT2D eigenvalue weighted by Gasteiger charge is -2.25. The zero-order chi connectivity index (χ0) is 25.3. The van der Waals surface area contributed by atoms with Gasteiger partial charge in [-0.05, 0) is 37.6 Å². The molecule has 0 radical (unpaired) electrons. The Labute approximate surface area is 202 Å². The van der Waals surface area contributed by atoms with Crippen molar-refractivity contribution in [1.29, 1.82) is 0 Å². The number of fused-ring (bicyclic) bond motifs is 1. The third kappa shape index (κ3) is 4.33. The number of aromatic hydroxyl groups is 1. The molecular weight excluding hydrogens is 474 g/mol. The number of carbonyl (C=O) groups excluding carboxylic acids is 1. The molecule has 180 valence electrons. The lowest BCUT2D eigenvalue weighted by Crippen LogP contribution is -2.40. The van der Waals surface area contributed by atoms with Gasteiger partial charge < -0.3 is 14.6 Å². The number of para-hydroxylation sites is 1. The minimum absolute atomic E-state index is 0.151. The summed E-state index contributed by atoms with van der Waals surface area (Å²) in [6.45, 7) is 3.52. The molecule has 0 spiro atoms. The van der Waals surface area contributed by atoms with Crippen molar-refractivity contribution in [2.75, 3.05) is 13.7 Å². The SMILES string of the molecule is CCOC(=O)C1=C(C)N=c2s/c(=C\c3ccc(O)c([N+](=O)[O-])c3)c(=O)n2[C@@H]1c1ccccc1OC. The smallest absolute Gasteiger partial charge is 0.338 e. The maximum Gasteiger partial charge on any atom is 0.338 e. The Bertz CT molecular complexity index is 1550. The van der Waals surface area contributed by atoms with E-state index in [4.69, 9.17) is 9.47 Å². The predicted octanol–water partition coefficient (Wildman–Crippen LogP) is 2.42. The molecule has 0 fully saturated rings. The largest absolute Gasteiger partial charge is 0.502 e. The van der Waals surface area contributed by atoms with Crippen LogP contribution >= 0.6 is 11.3 Å². The van der Waals surface area contributed by atoms with Gasteiger partial charge >= 0.3 is 11.7 Å². The van der Waals surface area contributed by atoms with Crippen LogP contribution in [0.3, 0.4) is 0 Å². The van der Waals surface area contributed by atoms with Crippen LogP contribution in [0.5, 0.6) is 11.5 Å². The Morgan fingerprint density at radius 3 is 2.74 bits per heavy atom. The molecule has 4 rings (SSSR count). The van der Waals surface area contributed by atoms with Gasteiger partial charge in [-0.15, -0.1) is 0 Å². The average Bonchev–Trinajstić information content (AvgIpc) is 3.13. The molecule has 1 aliphatic rings. The van der Waals surface area contributed by atoms with E-state index in [1.54, 1.807) is 38.1 Å². The molecule has 0 aliphatic carbocycles. The number of phenolic OH excluding ortho intramolecular Hbond substituents is 1. The Morgan fingerprint density at radius 1 is 1.31 bits per heavy atom. The molecule has 3 aromatic rings. The van der Waals surface area contributed by atoms with Gasteiger partial charge in [-0.25, -0.2) is 9.79 Å². The van der Waals surface area contributed by atoms with Crippen molar-refractivity contribution in [3.63, 3.8) is 0 Å². The first-order chi connectivity index (χ1) is 16.8. The highest BCUT2D eigenvalue weighted by Crippen LogP contribution is 2.35. The number of hydrogen-bond acceptors (Lipinski definition) is 9. The molecular formula is C24H21N3O7S. The number of nitro benzene ring substituents is 1. The standard InChI is InChI=1S/C24H21N3O7S/c1-4-34-23(30)20-13(2)25-24-26(21(20)15-7-5-6-8-18(15)33-3)22(29)19(35-24)12-14-9-10-17(28)16(11-14)27(31)32/h5-12,21,28H,4H2,1-3H3/b19-12-/t21-/m1/s1. The van der Waals surface area contributed by atoms with E-state index >= 15 is 0 Å². The summed E-state index contributed by atoms with van der Waals surface area (Å²) in [6.07, 6.45) is 1.49. The van der Waals surface area contributed by atoms with Crippen LogP contribution in [0.1, 0.15) is 31.0 Å². The molecule has 1 N–H and O–H groups in total. The van der Waals surface area contributed by atoms with Gasteiger partial charge in [0.25, 0.3) is 5.56 Å². The van der Waals surface area contributed by atoms with Crippen molar-refractivity contribution in [2.24, 2.45) is 4.99 Å². The summed E-state index contributed by atoms with van der Waals surface area (Å²) in [6, 6.07) is 10.1. The molecule has 0 amide bonds. The summed E-state index contributed by atoms with van der Waals surface area (Å²) in [5.74, 6) is -0.578. The maximum absolute atomic E-state index is 13.6. The monoisotopic (exact) mass is 495 g/mol. The van der Waals surface area contributed by atoms with Crippen LogP contribution in [0.15, 0.2) is 63.5 Å². The number of allylic oxidation sites excluding steroid dienone is 1. The van der Waals surface area contributed by atoms with Crippen LogP contribution in [-0.2, 0) is 9.53 Å². The minimum Gasteiger partial charge on any atom is -0.502 e. The van der Waals surface area contributed by atoms with E-state index in [1.807, 2.05) is 0 Å². The Morgan fingerprint density at radius 2 is 2.06 bits per heavy atom. The zero-order valence-electron chi connectivity index (χ0n) is 19.0. The normalized spacial score (nSPS) is 15.4. The quantitative estimate of drug-likeness (QED) is 0.315. The minimum atomic E-state index is -0.849. The molecule has 11 heteroatoms. The van der Waals surface area contributed by atoms with Crippen LogP contribution in [0.4, 0.5) is 5.69 Å².